The van der Waals surface area contributed by atoms with Gasteiger partial charge in [-0.25, -0.2) is 0 Å². The molecule has 1 aliphatic rings. The van der Waals surface area contributed by atoms with E-state index in [0.29, 0.717) is 6.54 Å². The number of rotatable bonds is 2. The number of aryl methyl sites for hydroxylation is 2. The lowest BCUT2D eigenvalue weighted by Gasteiger charge is -2.43. The Balaban J connectivity index is 2.26. The fraction of sp³-hybridized carbons (Fsp3) is 0.667. The number of aromatic nitrogens is 1. The molecule has 1 aliphatic heterocycles. The van der Waals surface area contributed by atoms with Gasteiger partial charge in [0.05, 0.1) is 30.5 Å². The summed E-state index contributed by atoms with van der Waals surface area (Å²) in [6.45, 7) is 9.88. The molecule has 5 heteroatoms. The number of nitroso groups, excluding NO2 is 1. The zero-order valence-corrected chi connectivity index (χ0v) is 10.9. The van der Waals surface area contributed by atoms with Gasteiger partial charge in [0.15, 0.2) is 0 Å². The van der Waals surface area contributed by atoms with Gasteiger partial charge in [-0.05, 0) is 39.8 Å². The molecule has 1 saturated heterocycles. The summed E-state index contributed by atoms with van der Waals surface area (Å²) in [5.74, 6) is 0. The summed E-state index contributed by atoms with van der Waals surface area (Å²) in [4.78, 5) is 10.7. The van der Waals surface area contributed by atoms with Crippen LogP contribution in [0.1, 0.15) is 25.2 Å². The molecule has 0 radical (unpaired) electrons. The smallest absolute Gasteiger partial charge is 0.0666 e. The van der Waals surface area contributed by atoms with Gasteiger partial charge in [-0.2, -0.15) is 0 Å². The SMILES string of the molecule is Cc1ccc(C)n1N1C[C@H](C)N(N=O)C[C@@H]1C. The van der Waals surface area contributed by atoms with Crippen molar-refractivity contribution in [3.8, 4) is 0 Å². The van der Waals surface area contributed by atoms with E-state index < -0.39 is 0 Å². The highest BCUT2D eigenvalue weighted by atomic mass is 16.3. The minimum absolute atomic E-state index is 0.157. The highest BCUT2D eigenvalue weighted by Gasteiger charge is 2.30. The quantitative estimate of drug-likeness (QED) is 0.735. The number of nitrogens with zero attached hydrogens (tertiary/aromatic N) is 4. The fourth-order valence-electron chi connectivity index (χ4n) is 2.55. The predicted molar refractivity (Wildman–Crippen MR) is 68.4 cm³/mol. The second-order valence-corrected chi connectivity index (χ2v) is 4.95. The average molecular weight is 236 g/mol. The molecular formula is C12H20N4O. The van der Waals surface area contributed by atoms with Gasteiger partial charge in [0.1, 0.15) is 0 Å². The third kappa shape index (κ3) is 2.01. The van der Waals surface area contributed by atoms with Crippen LogP contribution < -0.4 is 5.01 Å². The lowest BCUT2D eigenvalue weighted by molar-refractivity contribution is 0.151. The molecule has 0 N–H and O–H groups in total. The van der Waals surface area contributed by atoms with Crippen LogP contribution in [0.2, 0.25) is 0 Å². The molecule has 2 heterocycles. The first kappa shape index (κ1) is 12.0. The largest absolute Gasteiger partial charge is 0.306 e. The maximum absolute atomic E-state index is 10.7. The summed E-state index contributed by atoms with van der Waals surface area (Å²) in [5, 5.41) is 7.04. The van der Waals surface area contributed by atoms with Gasteiger partial charge in [-0.1, -0.05) is 0 Å². The minimum Gasteiger partial charge on any atom is -0.306 e. The first-order valence-corrected chi connectivity index (χ1v) is 6.06. The van der Waals surface area contributed by atoms with Crippen LogP contribution in [-0.2, 0) is 0 Å². The van der Waals surface area contributed by atoms with Gasteiger partial charge >= 0.3 is 0 Å². The van der Waals surface area contributed by atoms with Gasteiger partial charge in [-0.15, -0.1) is 4.91 Å². The molecule has 1 fully saturated rings. The Morgan fingerprint density at radius 2 is 1.71 bits per heavy atom. The van der Waals surface area contributed by atoms with Crippen molar-refractivity contribution in [1.29, 1.82) is 0 Å². The summed E-state index contributed by atoms with van der Waals surface area (Å²) in [5.41, 5.74) is 2.46. The van der Waals surface area contributed by atoms with Crippen LogP contribution in [0.4, 0.5) is 0 Å². The topological polar surface area (TPSA) is 40.8 Å². The van der Waals surface area contributed by atoms with Gasteiger partial charge in [0.2, 0.25) is 0 Å². The van der Waals surface area contributed by atoms with Crippen molar-refractivity contribution in [1.82, 2.24) is 9.69 Å². The molecule has 0 saturated carbocycles. The summed E-state index contributed by atoms with van der Waals surface area (Å²) in [6.07, 6.45) is 0. The molecule has 5 nitrogen and oxygen atoms in total. The van der Waals surface area contributed by atoms with Crippen LogP contribution in [0.25, 0.3) is 0 Å². The van der Waals surface area contributed by atoms with E-state index in [2.05, 4.69) is 47.9 Å². The molecule has 0 bridgehead atoms. The first-order chi connectivity index (χ1) is 8.04. The Morgan fingerprint density at radius 3 is 2.24 bits per heavy atom. The normalized spacial score (nSPS) is 25.2. The van der Waals surface area contributed by atoms with Crippen LogP contribution in [-0.4, -0.2) is 34.9 Å². The number of hydrogen-bond acceptors (Lipinski definition) is 3. The van der Waals surface area contributed by atoms with Crippen LogP contribution in [0.5, 0.6) is 0 Å². The van der Waals surface area contributed by atoms with Crippen LogP contribution in [0.15, 0.2) is 17.4 Å². The van der Waals surface area contributed by atoms with Crippen molar-refractivity contribution in [2.24, 2.45) is 5.29 Å². The van der Waals surface area contributed by atoms with E-state index in [0.717, 1.165) is 6.54 Å². The van der Waals surface area contributed by atoms with Crippen LogP contribution >= 0.6 is 0 Å². The van der Waals surface area contributed by atoms with E-state index in [1.165, 1.54) is 11.4 Å². The standard InChI is InChI=1S/C12H20N4O/c1-9-5-6-10(2)16(9)15-8-11(3)14(13-17)7-12(15)4/h5-6,11-12H,7-8H2,1-4H3/t11-,12-/m0/s1. The first-order valence-electron chi connectivity index (χ1n) is 6.06. The van der Waals surface area contributed by atoms with Gasteiger partial charge in [-0.3, -0.25) is 9.69 Å². The number of hydrogen-bond donors (Lipinski definition) is 0. The molecule has 0 amide bonds. The van der Waals surface area contributed by atoms with Crippen molar-refractivity contribution in [2.75, 3.05) is 18.1 Å². The lowest BCUT2D eigenvalue weighted by atomic mass is 10.1. The van der Waals surface area contributed by atoms with Crippen molar-refractivity contribution in [2.45, 2.75) is 39.8 Å². The molecule has 0 unspecified atom stereocenters. The molecule has 1 aromatic heterocycles. The molecule has 94 valence electrons. The van der Waals surface area contributed by atoms with E-state index in [4.69, 9.17) is 0 Å². The molecule has 0 spiro atoms. The van der Waals surface area contributed by atoms with Crippen LogP contribution in [0, 0.1) is 18.8 Å². The van der Waals surface area contributed by atoms with Crippen LogP contribution in [0.3, 0.4) is 0 Å². The molecular weight excluding hydrogens is 216 g/mol. The monoisotopic (exact) mass is 236 g/mol. The maximum atomic E-state index is 10.7. The summed E-state index contributed by atoms with van der Waals surface area (Å²) >= 11 is 0. The highest BCUT2D eigenvalue weighted by Crippen LogP contribution is 2.18. The Kier molecular flexibility index (Phi) is 3.09. The Morgan fingerprint density at radius 1 is 1.12 bits per heavy atom. The average Bonchev–Trinajstić information content (AvgIpc) is 2.62. The third-order valence-electron chi connectivity index (χ3n) is 3.52. The summed E-state index contributed by atoms with van der Waals surface area (Å²) in [6, 6.07) is 4.69. The van der Waals surface area contributed by atoms with E-state index in [1.54, 1.807) is 5.01 Å². The third-order valence-corrected chi connectivity index (χ3v) is 3.52. The summed E-state index contributed by atoms with van der Waals surface area (Å²) < 4.78 is 2.24. The number of piperazine rings is 1. The fourth-order valence-corrected chi connectivity index (χ4v) is 2.55. The van der Waals surface area contributed by atoms with E-state index >= 15 is 0 Å². The second kappa shape index (κ2) is 4.39. The maximum Gasteiger partial charge on any atom is 0.0666 e. The van der Waals surface area contributed by atoms with E-state index in [9.17, 15) is 4.91 Å². The predicted octanol–water partition coefficient (Wildman–Crippen LogP) is 1.82. The Hall–Kier alpha value is -1.52. The Bertz CT molecular complexity index is 395. The second-order valence-electron chi connectivity index (χ2n) is 4.95. The van der Waals surface area contributed by atoms with Crippen molar-refractivity contribution in [3.05, 3.63) is 28.4 Å². The molecule has 0 aliphatic carbocycles. The van der Waals surface area contributed by atoms with Crippen molar-refractivity contribution in [3.63, 3.8) is 0 Å². The molecule has 2 rings (SSSR count). The zero-order chi connectivity index (χ0) is 12.6. The highest BCUT2D eigenvalue weighted by molar-refractivity contribution is 5.19. The van der Waals surface area contributed by atoms with Gasteiger partial charge in [0.25, 0.3) is 0 Å². The van der Waals surface area contributed by atoms with Crippen molar-refractivity contribution < 1.29 is 0 Å². The van der Waals surface area contributed by atoms with Crippen molar-refractivity contribution >= 4 is 0 Å². The zero-order valence-electron chi connectivity index (χ0n) is 10.9. The molecule has 2 atom stereocenters. The van der Waals surface area contributed by atoms with Gasteiger partial charge in [0, 0.05) is 11.4 Å². The lowest BCUT2D eigenvalue weighted by Crippen LogP contribution is -2.59. The van der Waals surface area contributed by atoms with E-state index in [-0.39, 0.29) is 12.1 Å². The molecule has 17 heavy (non-hydrogen) atoms. The molecule has 1 aromatic rings. The van der Waals surface area contributed by atoms with Gasteiger partial charge < -0.3 is 5.01 Å². The summed E-state index contributed by atoms with van der Waals surface area (Å²) in [7, 11) is 0. The minimum atomic E-state index is 0.157. The molecule has 0 aromatic carbocycles. The Labute approximate surface area is 102 Å². The van der Waals surface area contributed by atoms with E-state index in [1.807, 2.05) is 6.92 Å².